The van der Waals surface area contributed by atoms with E-state index in [1.54, 1.807) is 6.07 Å². The van der Waals surface area contributed by atoms with E-state index < -0.39 is 26.1 Å². The van der Waals surface area contributed by atoms with Crippen molar-refractivity contribution >= 4 is 15.7 Å². The van der Waals surface area contributed by atoms with Crippen LogP contribution < -0.4 is 11.0 Å². The quantitative estimate of drug-likeness (QED) is 0.333. The van der Waals surface area contributed by atoms with E-state index in [0.29, 0.717) is 5.56 Å². The first-order chi connectivity index (χ1) is 13.1. The van der Waals surface area contributed by atoms with Crippen LogP contribution in [-0.4, -0.2) is 46.8 Å². The van der Waals surface area contributed by atoms with Crippen molar-refractivity contribution in [1.82, 2.24) is 10.0 Å². The van der Waals surface area contributed by atoms with Gasteiger partial charge >= 0.3 is 0 Å². The molecule has 0 radical (unpaired) electrons. The molecule has 150 valence electrons. The lowest BCUT2D eigenvalue weighted by Crippen LogP contribution is -2.49. The molecule has 3 atom stereocenters. The zero-order chi connectivity index (χ0) is 20.9. The van der Waals surface area contributed by atoms with Crippen LogP contribution in [0.5, 0.6) is 0 Å². The molecule has 1 unspecified atom stereocenters. The van der Waals surface area contributed by atoms with Crippen molar-refractivity contribution in [2.75, 3.05) is 12.9 Å². The van der Waals surface area contributed by atoms with Crippen LogP contribution in [0.15, 0.2) is 23.1 Å². The summed E-state index contributed by atoms with van der Waals surface area (Å²) in [5.41, 5.74) is 1.43. The zero-order valence-corrected chi connectivity index (χ0v) is 16.4. The molecule has 8 nitrogen and oxygen atoms in total. The number of aliphatic hydroxyl groups excluding tert-OH is 1. The van der Waals surface area contributed by atoms with Gasteiger partial charge in [0.15, 0.2) is 14.6 Å². The third-order valence-corrected chi connectivity index (χ3v) is 6.94. The van der Waals surface area contributed by atoms with Crippen LogP contribution in [0, 0.1) is 35.5 Å². The number of hydrogen-bond donors (Lipinski definition) is 3. The molecule has 0 aliphatic heterocycles. The highest BCUT2D eigenvalue weighted by atomic mass is 32.2. The zero-order valence-electron chi connectivity index (χ0n) is 15.6. The van der Waals surface area contributed by atoms with E-state index in [1.807, 2.05) is 0 Å². The summed E-state index contributed by atoms with van der Waals surface area (Å²) in [5.74, 6) is 10.4. The standard InChI is InChI=1S/C19H22N2O6S/c1-19(18(24)20-25,28(2,26)27)8-10-21-9-7-14(11-17(21)23)5-3-4-6-15-12-16(15)13-22/h7,9,11,15-16,22,25H,8,10,12-13H2,1-2H3,(H,20,24)/t15-,16+,19?/m0/s1. The van der Waals surface area contributed by atoms with E-state index in [4.69, 9.17) is 10.3 Å². The molecular formula is C19H22N2O6S. The highest BCUT2D eigenvalue weighted by Gasteiger charge is 2.43. The Kier molecular flexibility index (Phi) is 6.68. The molecule has 1 aliphatic rings. The van der Waals surface area contributed by atoms with Crippen molar-refractivity contribution in [2.45, 2.75) is 31.1 Å². The molecule has 3 N–H and O–H groups in total. The van der Waals surface area contributed by atoms with Crippen LogP contribution in [0.2, 0.25) is 0 Å². The summed E-state index contributed by atoms with van der Waals surface area (Å²) < 4.78 is 23.3. The van der Waals surface area contributed by atoms with Crippen LogP contribution in [0.25, 0.3) is 0 Å². The molecule has 0 saturated heterocycles. The van der Waals surface area contributed by atoms with E-state index in [1.165, 1.54) is 29.2 Å². The number of amides is 1. The third kappa shape index (κ3) is 5.02. The average Bonchev–Trinajstić information content (AvgIpc) is 3.41. The molecule has 1 amide bonds. The van der Waals surface area contributed by atoms with Gasteiger partial charge in [-0.15, -0.1) is 0 Å². The number of aliphatic hydroxyl groups is 1. The fourth-order valence-corrected chi connectivity index (χ4v) is 3.39. The van der Waals surface area contributed by atoms with Crippen molar-refractivity contribution in [1.29, 1.82) is 0 Å². The largest absolute Gasteiger partial charge is 0.396 e. The van der Waals surface area contributed by atoms with E-state index >= 15 is 0 Å². The minimum absolute atomic E-state index is 0.0342. The Morgan fingerprint density at radius 1 is 1.43 bits per heavy atom. The Morgan fingerprint density at radius 2 is 2.14 bits per heavy atom. The number of aromatic nitrogens is 1. The fourth-order valence-electron chi connectivity index (χ4n) is 2.55. The second-order valence-corrected chi connectivity index (χ2v) is 9.39. The van der Waals surface area contributed by atoms with E-state index in [0.717, 1.165) is 12.7 Å². The lowest BCUT2D eigenvalue weighted by molar-refractivity contribution is -0.131. The lowest BCUT2D eigenvalue weighted by atomic mass is 10.1. The Labute approximate surface area is 163 Å². The smallest absolute Gasteiger partial charge is 0.264 e. The minimum atomic E-state index is -3.83. The highest BCUT2D eigenvalue weighted by Crippen LogP contribution is 2.36. The number of hydroxylamine groups is 1. The van der Waals surface area contributed by atoms with Crippen molar-refractivity contribution in [3.8, 4) is 23.7 Å². The topological polar surface area (TPSA) is 126 Å². The molecule has 1 aromatic rings. The Morgan fingerprint density at radius 3 is 2.68 bits per heavy atom. The van der Waals surface area contributed by atoms with Gasteiger partial charge < -0.3 is 9.67 Å². The molecule has 0 spiro atoms. The van der Waals surface area contributed by atoms with Crippen molar-refractivity contribution in [3.63, 3.8) is 0 Å². The van der Waals surface area contributed by atoms with Gasteiger partial charge in [0.1, 0.15) is 0 Å². The molecule has 0 bridgehead atoms. The Bertz CT molecular complexity index is 1040. The summed E-state index contributed by atoms with van der Waals surface area (Å²) in [6.45, 7) is 1.29. The molecule has 2 rings (SSSR count). The molecule has 28 heavy (non-hydrogen) atoms. The lowest BCUT2D eigenvalue weighted by Gasteiger charge is -2.25. The minimum Gasteiger partial charge on any atom is -0.396 e. The van der Waals surface area contributed by atoms with Gasteiger partial charge in [-0.1, -0.05) is 11.8 Å². The number of rotatable bonds is 6. The van der Waals surface area contributed by atoms with Crippen molar-refractivity contribution in [2.24, 2.45) is 11.8 Å². The number of aryl methyl sites for hydroxylation is 1. The van der Waals surface area contributed by atoms with E-state index in [9.17, 15) is 18.0 Å². The third-order valence-electron chi connectivity index (χ3n) is 4.91. The average molecular weight is 406 g/mol. The molecule has 1 heterocycles. The van der Waals surface area contributed by atoms with Gasteiger partial charge in [0.2, 0.25) is 0 Å². The number of carbonyl (C=O) groups is 1. The maximum Gasteiger partial charge on any atom is 0.264 e. The first-order valence-electron chi connectivity index (χ1n) is 8.59. The van der Waals surface area contributed by atoms with Gasteiger partial charge in [-0.3, -0.25) is 14.8 Å². The predicted octanol–water partition coefficient (Wildman–Crippen LogP) is -0.470. The van der Waals surface area contributed by atoms with Gasteiger partial charge in [0.05, 0.1) is 0 Å². The van der Waals surface area contributed by atoms with Crippen molar-refractivity contribution in [3.05, 3.63) is 34.2 Å². The predicted molar refractivity (Wildman–Crippen MR) is 102 cm³/mol. The van der Waals surface area contributed by atoms with Gasteiger partial charge in [-0.05, 0) is 43.6 Å². The monoisotopic (exact) mass is 406 g/mol. The molecular weight excluding hydrogens is 384 g/mol. The Hall–Kier alpha value is -2.59. The molecule has 9 heteroatoms. The number of carbonyl (C=O) groups excluding carboxylic acids is 1. The van der Waals surface area contributed by atoms with Crippen LogP contribution in [0.3, 0.4) is 0 Å². The summed E-state index contributed by atoms with van der Waals surface area (Å²) in [7, 11) is -3.83. The van der Waals surface area contributed by atoms with Gasteiger partial charge in [0, 0.05) is 43.2 Å². The van der Waals surface area contributed by atoms with Crippen LogP contribution in [0.4, 0.5) is 0 Å². The number of nitrogens with one attached hydrogen (secondary N) is 1. The normalized spacial score (nSPS) is 20.0. The van der Waals surface area contributed by atoms with Crippen LogP contribution in [-0.2, 0) is 21.2 Å². The number of hydrogen-bond acceptors (Lipinski definition) is 6. The summed E-state index contributed by atoms with van der Waals surface area (Å²) in [6.07, 6.45) is 3.04. The fraction of sp³-hybridized carbons (Fsp3) is 0.474. The molecule has 1 aliphatic carbocycles. The summed E-state index contributed by atoms with van der Waals surface area (Å²) in [5, 5.41) is 17.8. The maximum atomic E-state index is 12.2. The van der Waals surface area contributed by atoms with Crippen LogP contribution in [0.1, 0.15) is 25.3 Å². The second kappa shape index (κ2) is 8.61. The van der Waals surface area contributed by atoms with Gasteiger partial charge in [-0.2, -0.15) is 0 Å². The summed E-state index contributed by atoms with van der Waals surface area (Å²) in [4.78, 5) is 24.0. The molecule has 0 aromatic carbocycles. The number of sulfone groups is 1. The van der Waals surface area contributed by atoms with E-state index in [-0.39, 0.29) is 31.4 Å². The van der Waals surface area contributed by atoms with Crippen LogP contribution >= 0.6 is 0 Å². The summed E-state index contributed by atoms with van der Waals surface area (Å²) in [6, 6.07) is 2.89. The van der Waals surface area contributed by atoms with Crippen molar-refractivity contribution < 1.29 is 23.5 Å². The molecule has 1 fully saturated rings. The molecule has 1 aromatic heterocycles. The first-order valence-corrected chi connectivity index (χ1v) is 10.5. The number of pyridine rings is 1. The first kappa shape index (κ1) is 21.7. The number of nitrogens with zero attached hydrogens (tertiary/aromatic N) is 1. The SMILES string of the molecule is CC(CCn1ccc(C#CC#C[C@H]2C[C@@H]2CO)cc1=O)(C(=O)NO)S(C)(=O)=O. The summed E-state index contributed by atoms with van der Waals surface area (Å²) >= 11 is 0. The molecule has 1 saturated carbocycles. The highest BCUT2D eigenvalue weighted by molar-refractivity contribution is 7.92. The Balaban J connectivity index is 2.09. The van der Waals surface area contributed by atoms with E-state index in [2.05, 4.69) is 23.7 Å². The van der Waals surface area contributed by atoms with Gasteiger partial charge in [0.25, 0.3) is 11.5 Å². The van der Waals surface area contributed by atoms with Gasteiger partial charge in [-0.25, -0.2) is 13.9 Å². The second-order valence-electron chi connectivity index (χ2n) is 6.95. The maximum absolute atomic E-state index is 12.2.